The lowest BCUT2D eigenvalue weighted by Crippen LogP contribution is -2.09. The van der Waals surface area contributed by atoms with Crippen LogP contribution in [-0.4, -0.2) is 23.5 Å². The van der Waals surface area contributed by atoms with Crippen molar-refractivity contribution in [3.8, 4) is 5.75 Å². The summed E-state index contributed by atoms with van der Waals surface area (Å²) in [7, 11) is 0. The van der Waals surface area contributed by atoms with Crippen LogP contribution in [0, 0.1) is 0 Å². The van der Waals surface area contributed by atoms with Crippen LogP contribution in [0.5, 0.6) is 5.75 Å². The van der Waals surface area contributed by atoms with Crippen LogP contribution in [0.15, 0.2) is 48.5 Å². The summed E-state index contributed by atoms with van der Waals surface area (Å²) in [6.45, 7) is 1.64. The molecule has 0 heterocycles. The molecule has 0 aromatic heterocycles. The number of hydrogen-bond acceptors (Lipinski definition) is 3. The van der Waals surface area contributed by atoms with E-state index in [9.17, 15) is 9.59 Å². The van der Waals surface area contributed by atoms with Crippen LogP contribution in [0.3, 0.4) is 0 Å². The molecule has 2 rings (SSSR count). The van der Waals surface area contributed by atoms with Crippen molar-refractivity contribution in [3.05, 3.63) is 70.3 Å². The predicted octanol–water partition coefficient (Wildman–Crippen LogP) is 4.26. The molecule has 2 aromatic rings. The number of carbonyl (C=O) groups excluding carboxylic acids is 1. The summed E-state index contributed by atoms with van der Waals surface area (Å²) in [5, 5.41) is 9.00. The molecule has 0 radical (unpaired) electrons. The molecule has 0 unspecified atom stereocenters. The number of aliphatic carboxylic acids is 1. The van der Waals surface area contributed by atoms with Gasteiger partial charge in [-0.05, 0) is 47.9 Å². The Morgan fingerprint density at radius 1 is 1.17 bits per heavy atom. The van der Waals surface area contributed by atoms with Crippen molar-refractivity contribution in [2.45, 2.75) is 13.3 Å². The highest BCUT2D eigenvalue weighted by Crippen LogP contribution is 2.20. The molecule has 0 saturated carbocycles. The number of carbonyl (C=O) groups is 2. The summed E-state index contributed by atoms with van der Waals surface area (Å²) in [5.74, 6) is -0.747. The molecule has 5 heteroatoms. The van der Waals surface area contributed by atoms with Crippen LogP contribution < -0.4 is 4.74 Å². The monoisotopic (exact) mass is 344 g/mol. The Labute approximate surface area is 145 Å². The van der Waals surface area contributed by atoms with Crippen LogP contribution in [-0.2, 0) is 11.2 Å². The van der Waals surface area contributed by atoms with E-state index in [0.717, 1.165) is 17.5 Å². The van der Waals surface area contributed by atoms with Crippen molar-refractivity contribution in [1.82, 2.24) is 0 Å². The minimum atomic E-state index is -1.03. The van der Waals surface area contributed by atoms with Crippen LogP contribution in [0.1, 0.15) is 28.4 Å². The lowest BCUT2D eigenvalue weighted by atomic mass is 10.1. The van der Waals surface area contributed by atoms with Crippen molar-refractivity contribution in [1.29, 1.82) is 0 Å². The zero-order valence-electron chi connectivity index (χ0n) is 13.2. The minimum Gasteiger partial charge on any atom is -0.482 e. The number of ether oxygens (including phenoxy) is 1. The van der Waals surface area contributed by atoms with E-state index >= 15 is 0 Å². The Morgan fingerprint density at radius 3 is 2.46 bits per heavy atom. The number of allylic oxidation sites excluding steroid dienone is 1. The summed E-state index contributed by atoms with van der Waals surface area (Å²) in [6.07, 6.45) is 3.99. The van der Waals surface area contributed by atoms with Gasteiger partial charge in [-0.2, -0.15) is 0 Å². The number of carboxylic acids is 1. The molecule has 0 aliphatic rings. The van der Waals surface area contributed by atoms with Crippen LogP contribution in [0.2, 0.25) is 5.02 Å². The first-order valence-electron chi connectivity index (χ1n) is 7.45. The number of halogens is 1. The third kappa shape index (κ3) is 4.96. The second kappa shape index (κ2) is 8.31. The fraction of sp³-hybridized carbons (Fsp3) is 0.158. The molecular formula is C19H17ClO4. The minimum absolute atomic E-state index is 0.172. The molecule has 4 nitrogen and oxygen atoms in total. The zero-order chi connectivity index (χ0) is 17.5. The molecule has 0 aliphatic heterocycles. The van der Waals surface area contributed by atoms with Gasteiger partial charge in [-0.25, -0.2) is 4.79 Å². The van der Waals surface area contributed by atoms with Crippen molar-refractivity contribution in [2.24, 2.45) is 0 Å². The molecule has 0 bridgehead atoms. The smallest absolute Gasteiger partial charge is 0.341 e. The fourth-order valence-corrected chi connectivity index (χ4v) is 2.36. The maximum Gasteiger partial charge on any atom is 0.341 e. The molecule has 2 aromatic carbocycles. The average Bonchev–Trinajstić information content (AvgIpc) is 2.58. The van der Waals surface area contributed by atoms with Gasteiger partial charge in [0, 0.05) is 5.56 Å². The quantitative estimate of drug-likeness (QED) is 0.602. The van der Waals surface area contributed by atoms with Crippen LogP contribution in [0.4, 0.5) is 0 Å². The third-order valence-corrected chi connectivity index (χ3v) is 3.69. The first-order chi connectivity index (χ1) is 11.5. The summed E-state index contributed by atoms with van der Waals surface area (Å²) in [5.41, 5.74) is 2.34. The van der Waals surface area contributed by atoms with E-state index in [0.29, 0.717) is 16.3 Å². The Bertz CT molecular complexity index is 763. The molecule has 0 spiro atoms. The van der Waals surface area contributed by atoms with E-state index in [1.54, 1.807) is 42.5 Å². The Hall–Kier alpha value is -2.59. The molecule has 0 atom stereocenters. The maximum atomic E-state index is 12.2. The number of ketones is 1. The standard InChI is InChI=1S/C19H17ClO4/c1-2-13-5-9-16(17(20)11-13)18(21)10-6-14-3-7-15(8-4-14)24-12-19(22)23/h3-11H,2,12H2,1H3,(H,22,23). The lowest BCUT2D eigenvalue weighted by molar-refractivity contribution is -0.139. The molecular weight excluding hydrogens is 328 g/mol. The van der Waals surface area contributed by atoms with Crippen molar-refractivity contribution in [2.75, 3.05) is 6.61 Å². The summed E-state index contributed by atoms with van der Waals surface area (Å²) >= 11 is 6.15. The zero-order valence-corrected chi connectivity index (χ0v) is 13.9. The van der Waals surface area contributed by atoms with Gasteiger partial charge >= 0.3 is 5.97 Å². The molecule has 0 aliphatic carbocycles. The van der Waals surface area contributed by atoms with Crippen molar-refractivity contribution < 1.29 is 19.4 Å². The summed E-state index contributed by atoms with van der Waals surface area (Å²) in [4.78, 5) is 22.7. The largest absolute Gasteiger partial charge is 0.482 e. The maximum absolute atomic E-state index is 12.2. The number of carboxylic acid groups (broad SMARTS) is 1. The topological polar surface area (TPSA) is 63.6 Å². The lowest BCUT2D eigenvalue weighted by Gasteiger charge is -2.04. The second-order valence-electron chi connectivity index (χ2n) is 5.12. The Morgan fingerprint density at radius 2 is 1.88 bits per heavy atom. The van der Waals surface area contributed by atoms with E-state index < -0.39 is 5.97 Å². The average molecular weight is 345 g/mol. The molecule has 0 amide bonds. The van der Waals surface area contributed by atoms with Gasteiger partial charge < -0.3 is 9.84 Å². The second-order valence-corrected chi connectivity index (χ2v) is 5.52. The molecule has 0 fully saturated rings. The van der Waals surface area contributed by atoms with Gasteiger partial charge in [0.2, 0.25) is 0 Å². The number of rotatable bonds is 7. The first kappa shape index (κ1) is 17.8. The Kier molecular flexibility index (Phi) is 6.15. The van der Waals surface area contributed by atoms with E-state index in [1.807, 2.05) is 13.0 Å². The number of hydrogen-bond donors (Lipinski definition) is 1. The van der Waals surface area contributed by atoms with E-state index in [-0.39, 0.29) is 12.4 Å². The molecule has 24 heavy (non-hydrogen) atoms. The summed E-state index contributed by atoms with van der Waals surface area (Å²) in [6, 6.07) is 12.2. The van der Waals surface area contributed by atoms with Gasteiger partial charge in [0.25, 0.3) is 0 Å². The van der Waals surface area contributed by atoms with Gasteiger partial charge in [-0.1, -0.05) is 42.8 Å². The van der Waals surface area contributed by atoms with E-state index in [1.165, 1.54) is 6.08 Å². The van der Waals surface area contributed by atoms with Gasteiger partial charge in [0.1, 0.15) is 5.75 Å². The van der Waals surface area contributed by atoms with Gasteiger partial charge in [0.15, 0.2) is 12.4 Å². The highest BCUT2D eigenvalue weighted by Gasteiger charge is 2.07. The normalized spacial score (nSPS) is 10.8. The van der Waals surface area contributed by atoms with E-state index in [4.69, 9.17) is 21.4 Å². The molecule has 124 valence electrons. The number of aryl methyl sites for hydroxylation is 1. The van der Waals surface area contributed by atoms with Crippen molar-refractivity contribution in [3.63, 3.8) is 0 Å². The predicted molar refractivity (Wildman–Crippen MR) is 93.8 cm³/mol. The van der Waals surface area contributed by atoms with Gasteiger partial charge in [0.05, 0.1) is 5.02 Å². The van der Waals surface area contributed by atoms with Crippen LogP contribution in [0.25, 0.3) is 6.08 Å². The van der Waals surface area contributed by atoms with Crippen LogP contribution >= 0.6 is 11.6 Å². The van der Waals surface area contributed by atoms with E-state index in [2.05, 4.69) is 0 Å². The molecule has 1 N–H and O–H groups in total. The number of benzene rings is 2. The fourth-order valence-electron chi connectivity index (χ4n) is 2.06. The highest BCUT2D eigenvalue weighted by molar-refractivity contribution is 6.34. The van der Waals surface area contributed by atoms with Gasteiger partial charge in [-0.3, -0.25) is 4.79 Å². The first-order valence-corrected chi connectivity index (χ1v) is 7.83. The molecule has 0 saturated heterocycles. The SMILES string of the molecule is CCc1ccc(C(=O)C=Cc2ccc(OCC(=O)O)cc2)c(Cl)c1. The Balaban J connectivity index is 2.04. The summed E-state index contributed by atoms with van der Waals surface area (Å²) < 4.78 is 5.05. The van der Waals surface area contributed by atoms with Crippen molar-refractivity contribution >= 4 is 29.4 Å². The third-order valence-electron chi connectivity index (χ3n) is 3.38. The highest BCUT2D eigenvalue weighted by atomic mass is 35.5. The van der Waals surface area contributed by atoms with Gasteiger partial charge in [-0.15, -0.1) is 0 Å².